The van der Waals surface area contributed by atoms with Crippen LogP contribution in [-0.2, 0) is 19.1 Å². The third kappa shape index (κ3) is 8.16. The molecule has 0 saturated heterocycles. The summed E-state index contributed by atoms with van der Waals surface area (Å²) in [6.45, 7) is 3.56. The van der Waals surface area contributed by atoms with E-state index in [0.29, 0.717) is 24.5 Å². The summed E-state index contributed by atoms with van der Waals surface area (Å²) in [7, 11) is 0. The van der Waals surface area contributed by atoms with Crippen LogP contribution < -0.4 is 4.90 Å². The highest BCUT2D eigenvalue weighted by Crippen LogP contribution is 2.39. The zero-order valence-corrected chi connectivity index (χ0v) is 19.9. The van der Waals surface area contributed by atoms with Gasteiger partial charge in [0.25, 0.3) is 5.69 Å². The summed E-state index contributed by atoms with van der Waals surface area (Å²) in [5, 5.41) is 19.1. The molecule has 0 atom stereocenters. The first kappa shape index (κ1) is 26.3. The van der Waals surface area contributed by atoms with Crippen molar-refractivity contribution in [2.45, 2.75) is 13.8 Å². The van der Waals surface area contributed by atoms with Crippen LogP contribution in [0.2, 0.25) is 15.1 Å². The predicted octanol–water partition coefficient (Wildman–Crippen LogP) is 5.90. The molecule has 2 rings (SSSR count). The summed E-state index contributed by atoms with van der Waals surface area (Å²) in [6.07, 6.45) is 0. The zero-order chi connectivity index (χ0) is 24.5. The van der Waals surface area contributed by atoms with Crippen LogP contribution in [0.5, 0.6) is 0 Å². The Morgan fingerprint density at radius 1 is 0.939 bits per heavy atom. The molecule has 2 aromatic carbocycles. The fraction of sp³-hybridized carbons (Fsp3) is 0.300. The van der Waals surface area contributed by atoms with Crippen LogP contribution in [0, 0.1) is 10.1 Å². The second-order valence-electron chi connectivity index (χ2n) is 6.52. The molecule has 0 aliphatic rings. The Morgan fingerprint density at radius 3 is 1.94 bits per heavy atom. The van der Waals surface area contributed by atoms with E-state index in [1.54, 1.807) is 18.2 Å². The highest BCUT2D eigenvalue weighted by Gasteiger charge is 2.15. The predicted molar refractivity (Wildman–Crippen MR) is 124 cm³/mol. The van der Waals surface area contributed by atoms with Gasteiger partial charge in [-0.1, -0.05) is 34.8 Å². The number of carbonyl (C=O) groups excluding carboxylic acids is 2. The van der Waals surface area contributed by atoms with E-state index in [-0.39, 0.29) is 39.7 Å². The van der Waals surface area contributed by atoms with Gasteiger partial charge in [0.05, 0.1) is 33.1 Å². The number of rotatable bonds is 10. The lowest BCUT2D eigenvalue weighted by atomic mass is 10.2. The molecule has 0 aromatic heterocycles. The number of benzene rings is 2. The first-order valence-corrected chi connectivity index (χ1v) is 10.6. The van der Waals surface area contributed by atoms with Crippen molar-refractivity contribution in [3.8, 4) is 0 Å². The van der Waals surface area contributed by atoms with Gasteiger partial charge in [-0.05, 0) is 18.2 Å². The van der Waals surface area contributed by atoms with Crippen molar-refractivity contribution in [1.82, 2.24) is 0 Å². The van der Waals surface area contributed by atoms with Gasteiger partial charge in [-0.15, -0.1) is 10.2 Å². The summed E-state index contributed by atoms with van der Waals surface area (Å²) >= 11 is 18.4. The van der Waals surface area contributed by atoms with Gasteiger partial charge in [-0.3, -0.25) is 19.7 Å². The van der Waals surface area contributed by atoms with Crippen molar-refractivity contribution in [2.24, 2.45) is 10.2 Å². The quantitative estimate of drug-likeness (QED) is 0.166. The summed E-state index contributed by atoms with van der Waals surface area (Å²) in [5.74, 6) is -0.820. The number of azo groups is 1. The number of anilines is 1. The molecule has 0 amide bonds. The van der Waals surface area contributed by atoms with Crippen LogP contribution in [0.25, 0.3) is 0 Å². The Balaban J connectivity index is 2.22. The lowest BCUT2D eigenvalue weighted by Gasteiger charge is -2.24. The smallest absolute Gasteiger partial charge is 0.302 e. The summed E-state index contributed by atoms with van der Waals surface area (Å²) in [5.41, 5.74) is 0.762. The summed E-state index contributed by atoms with van der Waals surface area (Å²) < 4.78 is 9.97. The molecule has 0 spiro atoms. The van der Waals surface area contributed by atoms with E-state index in [9.17, 15) is 19.7 Å². The van der Waals surface area contributed by atoms with E-state index in [1.807, 2.05) is 4.90 Å². The maximum Gasteiger partial charge on any atom is 0.302 e. The summed E-state index contributed by atoms with van der Waals surface area (Å²) in [4.78, 5) is 34.2. The van der Waals surface area contributed by atoms with E-state index in [2.05, 4.69) is 10.2 Å². The molecule has 33 heavy (non-hydrogen) atoms. The van der Waals surface area contributed by atoms with Crippen LogP contribution in [0.4, 0.5) is 22.7 Å². The molecule has 0 bridgehead atoms. The standard InChI is InChI=1S/C20H19Cl3N4O6/c1-12(28)32-7-5-26(6-8-33-13(2)29)14-3-4-19(16(21)9-14)24-25-20-17(22)10-15(27(30)31)11-18(20)23/h3-4,9-11H,5-8H2,1-2H3. The second-order valence-corrected chi connectivity index (χ2v) is 7.74. The number of ether oxygens (including phenoxy) is 2. The third-order valence-electron chi connectivity index (χ3n) is 4.10. The number of nitro groups is 1. The molecule has 0 aliphatic carbocycles. The Labute approximate surface area is 204 Å². The monoisotopic (exact) mass is 516 g/mol. The minimum Gasteiger partial charge on any atom is -0.464 e. The molecule has 0 saturated carbocycles. The minimum absolute atomic E-state index is 0.0344. The van der Waals surface area contributed by atoms with Gasteiger partial charge < -0.3 is 14.4 Å². The molecule has 2 aromatic rings. The Bertz CT molecular complexity index is 1040. The van der Waals surface area contributed by atoms with Gasteiger partial charge in [0.15, 0.2) is 0 Å². The van der Waals surface area contributed by atoms with Crippen LogP contribution in [0.3, 0.4) is 0 Å². The molecular weight excluding hydrogens is 499 g/mol. The van der Waals surface area contributed by atoms with Crippen LogP contribution in [0.1, 0.15) is 13.8 Å². The van der Waals surface area contributed by atoms with E-state index in [0.717, 1.165) is 12.1 Å². The first-order chi connectivity index (χ1) is 15.6. The van der Waals surface area contributed by atoms with Crippen LogP contribution in [0.15, 0.2) is 40.6 Å². The molecule has 0 heterocycles. The van der Waals surface area contributed by atoms with Crippen LogP contribution >= 0.6 is 34.8 Å². The van der Waals surface area contributed by atoms with Crippen LogP contribution in [-0.4, -0.2) is 43.2 Å². The molecule has 0 aliphatic heterocycles. The number of esters is 2. The molecule has 0 unspecified atom stereocenters. The highest BCUT2D eigenvalue weighted by atomic mass is 35.5. The van der Waals surface area contributed by atoms with Crippen molar-refractivity contribution in [2.75, 3.05) is 31.2 Å². The van der Waals surface area contributed by atoms with Gasteiger partial charge in [-0.2, -0.15) is 0 Å². The lowest BCUT2D eigenvalue weighted by molar-refractivity contribution is -0.384. The molecule has 176 valence electrons. The topological polar surface area (TPSA) is 124 Å². The number of carbonyl (C=O) groups is 2. The first-order valence-electron chi connectivity index (χ1n) is 9.45. The van der Waals surface area contributed by atoms with Gasteiger partial charge in [0, 0.05) is 31.7 Å². The van der Waals surface area contributed by atoms with E-state index in [1.165, 1.54) is 13.8 Å². The minimum atomic E-state index is -0.622. The number of hydrogen-bond acceptors (Lipinski definition) is 9. The number of hydrogen-bond donors (Lipinski definition) is 0. The summed E-state index contributed by atoms with van der Waals surface area (Å²) in [6, 6.07) is 7.17. The Morgan fingerprint density at radius 2 is 1.48 bits per heavy atom. The van der Waals surface area contributed by atoms with Crippen molar-refractivity contribution in [3.63, 3.8) is 0 Å². The third-order valence-corrected chi connectivity index (χ3v) is 4.98. The van der Waals surface area contributed by atoms with Crippen molar-refractivity contribution < 1.29 is 24.0 Å². The van der Waals surface area contributed by atoms with E-state index >= 15 is 0 Å². The highest BCUT2D eigenvalue weighted by molar-refractivity contribution is 6.39. The normalized spacial score (nSPS) is 10.8. The molecule has 0 N–H and O–H groups in total. The maximum absolute atomic E-state index is 11.0. The van der Waals surface area contributed by atoms with E-state index < -0.39 is 16.9 Å². The van der Waals surface area contributed by atoms with Crippen molar-refractivity contribution in [1.29, 1.82) is 0 Å². The molecule has 10 nitrogen and oxygen atoms in total. The van der Waals surface area contributed by atoms with Gasteiger partial charge >= 0.3 is 11.9 Å². The SMILES string of the molecule is CC(=O)OCCN(CCOC(C)=O)c1ccc(N=Nc2c(Cl)cc([N+](=O)[O-])cc2Cl)c(Cl)c1. The van der Waals surface area contributed by atoms with Crippen molar-refractivity contribution >= 4 is 69.5 Å². The molecule has 13 heteroatoms. The molecule has 0 fully saturated rings. The largest absolute Gasteiger partial charge is 0.464 e. The average molecular weight is 518 g/mol. The van der Waals surface area contributed by atoms with Crippen molar-refractivity contribution in [3.05, 3.63) is 55.5 Å². The fourth-order valence-electron chi connectivity index (χ4n) is 2.60. The second kappa shape index (κ2) is 12.3. The number of non-ortho nitro benzene ring substituents is 1. The average Bonchev–Trinajstić information content (AvgIpc) is 2.72. The number of nitrogens with zero attached hydrogens (tertiary/aromatic N) is 4. The Hall–Kier alpha value is -2.95. The lowest BCUT2D eigenvalue weighted by Crippen LogP contribution is -2.31. The Kier molecular flexibility index (Phi) is 9.83. The van der Waals surface area contributed by atoms with Gasteiger partial charge in [0.1, 0.15) is 24.6 Å². The molecular formula is C20H19Cl3N4O6. The van der Waals surface area contributed by atoms with Gasteiger partial charge in [0.2, 0.25) is 0 Å². The van der Waals surface area contributed by atoms with E-state index in [4.69, 9.17) is 44.3 Å². The number of nitro benzene ring substituents is 1. The molecule has 0 radical (unpaired) electrons. The number of halogens is 3. The van der Waals surface area contributed by atoms with Gasteiger partial charge in [-0.25, -0.2) is 0 Å². The zero-order valence-electron chi connectivity index (χ0n) is 17.6. The fourth-order valence-corrected chi connectivity index (χ4v) is 3.36. The maximum atomic E-state index is 11.0.